The molecule has 1 heterocycles. The first-order chi connectivity index (χ1) is 5.35. The molecule has 0 spiro atoms. The topological polar surface area (TPSA) is 26.0 Å². The molecule has 0 aliphatic carbocycles. The third-order valence-electron chi connectivity index (χ3n) is 2.16. The minimum atomic E-state index is -0.685. The average Bonchev–Trinajstić information content (AvgIpc) is 2.12. The van der Waals surface area contributed by atoms with Gasteiger partial charge in [-0.15, -0.1) is 24.2 Å². The summed E-state index contributed by atoms with van der Waals surface area (Å²) in [6, 6.07) is 0. The Balaban J connectivity index is 3.11. The third kappa shape index (κ3) is 1.40. The van der Waals surface area contributed by atoms with Crippen molar-refractivity contribution in [3.8, 4) is 0 Å². The fraction of sp³-hybridized carbons (Fsp3) is 0.714. The predicted octanol–water partition coefficient (Wildman–Crippen LogP) is 2.99. The molecule has 70 valence electrons. The first-order valence-electron chi connectivity index (χ1n) is 3.48. The second kappa shape index (κ2) is 3.28. The highest BCUT2D eigenvalue weighted by Gasteiger charge is 2.51. The van der Waals surface area contributed by atoms with Crippen molar-refractivity contribution < 1.29 is 0 Å². The second-order valence-electron chi connectivity index (χ2n) is 3.13. The van der Waals surface area contributed by atoms with Crippen LogP contribution in [0.1, 0.15) is 13.8 Å². The molecule has 12 heavy (non-hydrogen) atoms. The molecule has 0 saturated carbocycles. The zero-order valence-corrected chi connectivity index (χ0v) is 10.1. The molecule has 1 aliphatic rings. The highest BCUT2D eigenvalue weighted by Crippen LogP contribution is 2.58. The van der Waals surface area contributed by atoms with Crippen molar-refractivity contribution in [1.29, 1.82) is 0 Å². The van der Waals surface area contributed by atoms with Gasteiger partial charge in [-0.2, -0.15) is 0 Å². The normalized spacial score (nSPS) is 42.5. The molecule has 0 fully saturated rings. The van der Waals surface area contributed by atoms with Gasteiger partial charge in [0.15, 0.2) is 0 Å². The molecule has 0 aromatic carbocycles. The van der Waals surface area contributed by atoms with Crippen LogP contribution in [0.25, 0.3) is 0 Å². The number of nitrogens with two attached hydrogens (primary N) is 1. The SMILES string of the molecule is CC1=C(Cl)C(C)(CCl)C(N)(S)S1. The fourth-order valence-electron chi connectivity index (χ4n) is 1.09. The third-order valence-corrected chi connectivity index (χ3v) is 5.55. The Labute approximate surface area is 92.5 Å². The van der Waals surface area contributed by atoms with Crippen molar-refractivity contribution in [2.75, 3.05) is 5.88 Å². The lowest BCUT2D eigenvalue weighted by Crippen LogP contribution is -2.45. The Morgan fingerprint density at radius 1 is 1.67 bits per heavy atom. The van der Waals surface area contributed by atoms with Gasteiger partial charge in [0.1, 0.15) is 4.20 Å². The van der Waals surface area contributed by atoms with Crippen molar-refractivity contribution in [2.24, 2.45) is 11.1 Å². The lowest BCUT2D eigenvalue weighted by molar-refractivity contribution is 0.441. The molecule has 1 rings (SSSR count). The predicted molar refractivity (Wildman–Crippen MR) is 60.9 cm³/mol. The molecule has 1 nitrogen and oxygen atoms in total. The molecular formula is C7H11Cl2NS2. The average molecular weight is 244 g/mol. The van der Waals surface area contributed by atoms with Gasteiger partial charge in [-0.3, -0.25) is 0 Å². The van der Waals surface area contributed by atoms with Gasteiger partial charge >= 0.3 is 0 Å². The summed E-state index contributed by atoms with van der Waals surface area (Å²) in [5.74, 6) is 0.385. The summed E-state index contributed by atoms with van der Waals surface area (Å²) < 4.78 is -0.685. The van der Waals surface area contributed by atoms with Crippen LogP contribution in [0.3, 0.4) is 0 Å². The maximum Gasteiger partial charge on any atom is 0.122 e. The molecule has 0 radical (unpaired) electrons. The molecule has 0 amide bonds. The van der Waals surface area contributed by atoms with Crippen molar-refractivity contribution in [3.63, 3.8) is 0 Å². The summed E-state index contributed by atoms with van der Waals surface area (Å²) in [6.45, 7) is 3.86. The number of halogens is 2. The van der Waals surface area contributed by atoms with Crippen LogP contribution in [0, 0.1) is 5.41 Å². The summed E-state index contributed by atoms with van der Waals surface area (Å²) in [6.07, 6.45) is 0. The Hall–Kier alpha value is 0.980. The van der Waals surface area contributed by atoms with Crippen LogP contribution in [-0.4, -0.2) is 10.1 Å². The van der Waals surface area contributed by atoms with Gasteiger partial charge in [0.25, 0.3) is 0 Å². The maximum atomic E-state index is 6.10. The van der Waals surface area contributed by atoms with Crippen LogP contribution >= 0.6 is 47.6 Å². The number of alkyl halides is 1. The first-order valence-corrected chi connectivity index (χ1v) is 5.66. The lowest BCUT2D eigenvalue weighted by Gasteiger charge is -2.34. The highest BCUT2D eigenvalue weighted by atomic mass is 35.5. The molecule has 0 aromatic heterocycles. The van der Waals surface area contributed by atoms with Gasteiger partial charge in [0.2, 0.25) is 0 Å². The van der Waals surface area contributed by atoms with E-state index < -0.39 is 9.62 Å². The zero-order chi connectivity index (χ0) is 9.57. The molecule has 2 unspecified atom stereocenters. The first kappa shape index (κ1) is 11.1. The van der Waals surface area contributed by atoms with E-state index in [4.69, 9.17) is 28.9 Å². The number of hydrogen-bond donors (Lipinski definition) is 2. The quantitative estimate of drug-likeness (QED) is 0.421. The Morgan fingerprint density at radius 3 is 2.33 bits per heavy atom. The summed E-state index contributed by atoms with van der Waals surface area (Å²) in [4.78, 5) is 1.01. The van der Waals surface area contributed by atoms with Gasteiger partial charge in [-0.05, 0) is 18.8 Å². The Bertz CT molecular complexity index is 240. The zero-order valence-electron chi connectivity index (χ0n) is 6.90. The van der Waals surface area contributed by atoms with Crippen molar-refractivity contribution in [2.45, 2.75) is 18.1 Å². The van der Waals surface area contributed by atoms with Crippen LogP contribution in [-0.2, 0) is 0 Å². The van der Waals surface area contributed by atoms with E-state index in [2.05, 4.69) is 12.6 Å². The minimum absolute atomic E-state index is 0.385. The van der Waals surface area contributed by atoms with Gasteiger partial charge < -0.3 is 5.73 Å². The number of allylic oxidation sites excluding steroid dienone is 1. The van der Waals surface area contributed by atoms with E-state index in [1.807, 2.05) is 13.8 Å². The van der Waals surface area contributed by atoms with E-state index in [1.165, 1.54) is 11.8 Å². The maximum absolute atomic E-state index is 6.10. The standard InChI is InChI=1S/C7H11Cl2NS2/c1-4-5(9)6(2,3-8)7(10,11)12-4/h11H,3,10H2,1-2H3. The second-order valence-corrected chi connectivity index (χ2v) is 6.25. The van der Waals surface area contributed by atoms with Crippen LogP contribution < -0.4 is 5.73 Å². The monoisotopic (exact) mass is 243 g/mol. The summed E-state index contributed by atoms with van der Waals surface area (Å²) in [5, 5.41) is 0.736. The molecule has 2 atom stereocenters. The summed E-state index contributed by atoms with van der Waals surface area (Å²) in [5.41, 5.74) is 5.54. The lowest BCUT2D eigenvalue weighted by atomic mass is 9.92. The molecule has 5 heteroatoms. The largest absolute Gasteiger partial charge is 0.307 e. The molecular weight excluding hydrogens is 233 g/mol. The molecule has 0 bridgehead atoms. The van der Waals surface area contributed by atoms with Crippen molar-refractivity contribution in [1.82, 2.24) is 0 Å². The van der Waals surface area contributed by atoms with Gasteiger partial charge in [-0.25, -0.2) is 0 Å². The van der Waals surface area contributed by atoms with E-state index in [-0.39, 0.29) is 0 Å². The van der Waals surface area contributed by atoms with E-state index in [0.717, 1.165) is 9.94 Å². The van der Waals surface area contributed by atoms with Gasteiger partial charge in [0, 0.05) is 10.9 Å². The number of rotatable bonds is 1. The van der Waals surface area contributed by atoms with Crippen LogP contribution in [0.4, 0.5) is 0 Å². The van der Waals surface area contributed by atoms with Crippen LogP contribution in [0.5, 0.6) is 0 Å². The highest BCUT2D eigenvalue weighted by molar-refractivity contribution is 8.14. The van der Waals surface area contributed by atoms with E-state index in [9.17, 15) is 0 Å². The number of thiol groups is 1. The molecule has 0 saturated heterocycles. The number of thioether (sulfide) groups is 1. The summed E-state index contributed by atoms with van der Waals surface area (Å²) in [7, 11) is 0. The van der Waals surface area contributed by atoms with E-state index >= 15 is 0 Å². The van der Waals surface area contributed by atoms with E-state index in [0.29, 0.717) is 5.88 Å². The van der Waals surface area contributed by atoms with Gasteiger partial charge in [-0.1, -0.05) is 23.4 Å². The van der Waals surface area contributed by atoms with Crippen LogP contribution in [0.2, 0.25) is 0 Å². The van der Waals surface area contributed by atoms with Crippen molar-refractivity contribution >= 4 is 47.6 Å². The van der Waals surface area contributed by atoms with Crippen LogP contribution in [0.15, 0.2) is 9.94 Å². The molecule has 1 aliphatic heterocycles. The van der Waals surface area contributed by atoms with Gasteiger partial charge in [0.05, 0.1) is 5.41 Å². The number of hydrogen-bond acceptors (Lipinski definition) is 3. The Morgan fingerprint density at radius 2 is 2.17 bits per heavy atom. The molecule has 2 N–H and O–H groups in total. The fourth-order valence-corrected chi connectivity index (χ4v) is 3.91. The van der Waals surface area contributed by atoms with E-state index in [1.54, 1.807) is 0 Å². The smallest absolute Gasteiger partial charge is 0.122 e. The molecule has 0 aromatic rings. The van der Waals surface area contributed by atoms with Crippen molar-refractivity contribution in [3.05, 3.63) is 9.94 Å². The minimum Gasteiger partial charge on any atom is -0.307 e. The Kier molecular flexibility index (Phi) is 3.02. The summed E-state index contributed by atoms with van der Waals surface area (Å²) >= 11 is 17.8.